The van der Waals surface area contributed by atoms with Crippen molar-refractivity contribution in [2.75, 3.05) is 26.2 Å². The van der Waals surface area contributed by atoms with E-state index in [0.29, 0.717) is 5.15 Å². The van der Waals surface area contributed by atoms with Gasteiger partial charge in [0.25, 0.3) is 0 Å². The molecule has 0 amide bonds. The summed E-state index contributed by atoms with van der Waals surface area (Å²) >= 11 is 6.02. The van der Waals surface area contributed by atoms with E-state index in [0.717, 1.165) is 56.6 Å². The topological polar surface area (TPSA) is 41.1 Å². The van der Waals surface area contributed by atoms with Gasteiger partial charge in [-0.25, -0.2) is 9.97 Å². The van der Waals surface area contributed by atoms with Crippen molar-refractivity contribution < 1.29 is 0 Å². The Bertz CT molecular complexity index is 398. The molecule has 2 rings (SSSR count). The maximum Gasteiger partial charge on any atom is 0.144 e. The van der Waals surface area contributed by atoms with Crippen molar-refractivity contribution in [1.82, 2.24) is 20.2 Å². The van der Waals surface area contributed by atoms with Crippen molar-refractivity contribution in [2.45, 2.75) is 39.7 Å². The molecule has 1 aromatic heterocycles. The molecule has 1 aromatic rings. The number of hydrogen-bond donors (Lipinski definition) is 1. The van der Waals surface area contributed by atoms with Crippen LogP contribution in [0.2, 0.25) is 5.15 Å². The summed E-state index contributed by atoms with van der Waals surface area (Å²) in [6.07, 6.45) is 3.70. The van der Waals surface area contributed by atoms with Crippen LogP contribution in [0.25, 0.3) is 0 Å². The summed E-state index contributed by atoms with van der Waals surface area (Å²) in [4.78, 5) is 11.3. The number of aryl methyl sites for hydroxylation is 1. The third-order valence-corrected chi connectivity index (χ3v) is 3.94. The molecule has 0 unspecified atom stereocenters. The molecule has 1 N–H and O–H groups in total. The molecule has 4 nitrogen and oxygen atoms in total. The van der Waals surface area contributed by atoms with Crippen molar-refractivity contribution in [3.05, 3.63) is 22.7 Å². The molecule has 1 fully saturated rings. The molecule has 20 heavy (non-hydrogen) atoms. The molecule has 1 aliphatic rings. The van der Waals surface area contributed by atoms with Gasteiger partial charge in [-0.05, 0) is 57.8 Å². The Morgan fingerprint density at radius 3 is 2.75 bits per heavy atom. The normalized spacial score (nSPS) is 16.8. The average Bonchev–Trinajstić information content (AvgIpc) is 2.39. The van der Waals surface area contributed by atoms with Crippen molar-refractivity contribution in [1.29, 1.82) is 0 Å². The van der Waals surface area contributed by atoms with Crippen LogP contribution < -0.4 is 5.32 Å². The number of nitrogens with one attached hydrogen (secondary N) is 1. The fourth-order valence-corrected chi connectivity index (χ4v) is 3.10. The average molecular weight is 297 g/mol. The lowest BCUT2D eigenvalue weighted by Crippen LogP contribution is -2.36. The Balaban J connectivity index is 1.96. The molecule has 0 saturated carbocycles. The quantitative estimate of drug-likeness (QED) is 0.820. The Morgan fingerprint density at radius 1 is 1.35 bits per heavy atom. The highest BCUT2D eigenvalue weighted by molar-refractivity contribution is 6.29. The summed E-state index contributed by atoms with van der Waals surface area (Å²) in [5.41, 5.74) is 0.943. The van der Waals surface area contributed by atoms with E-state index in [4.69, 9.17) is 11.6 Å². The largest absolute Gasteiger partial charge is 0.317 e. The fourth-order valence-electron chi connectivity index (χ4n) is 2.84. The predicted molar refractivity (Wildman–Crippen MR) is 82.9 cm³/mol. The van der Waals surface area contributed by atoms with Crippen LogP contribution in [0.4, 0.5) is 0 Å². The third-order valence-electron chi connectivity index (χ3n) is 3.75. The molecule has 0 atom stereocenters. The van der Waals surface area contributed by atoms with E-state index in [-0.39, 0.29) is 0 Å². The van der Waals surface area contributed by atoms with E-state index in [9.17, 15) is 0 Å². The highest BCUT2D eigenvalue weighted by atomic mass is 35.5. The lowest BCUT2D eigenvalue weighted by Gasteiger charge is -2.29. The zero-order chi connectivity index (χ0) is 14.4. The van der Waals surface area contributed by atoms with Gasteiger partial charge in [0, 0.05) is 12.2 Å². The van der Waals surface area contributed by atoms with Crippen LogP contribution in [-0.2, 0) is 6.54 Å². The van der Waals surface area contributed by atoms with Gasteiger partial charge in [0.15, 0.2) is 0 Å². The first-order valence-corrected chi connectivity index (χ1v) is 7.98. The van der Waals surface area contributed by atoms with Crippen LogP contribution in [-0.4, -0.2) is 41.0 Å². The lowest BCUT2D eigenvalue weighted by atomic mass is 9.97. The van der Waals surface area contributed by atoms with Crippen LogP contribution in [0, 0.1) is 12.8 Å². The van der Waals surface area contributed by atoms with Crippen molar-refractivity contribution in [2.24, 2.45) is 5.92 Å². The van der Waals surface area contributed by atoms with Gasteiger partial charge in [-0.3, -0.25) is 4.90 Å². The first-order chi connectivity index (χ1) is 9.67. The Hall–Kier alpha value is -0.710. The minimum Gasteiger partial charge on any atom is -0.317 e. The standard InChI is InChI=1S/C15H25ClN4/c1-3-8-20(10-13-4-6-17-7-5-13)11-15-18-12(2)9-14(16)19-15/h9,13,17H,3-8,10-11H2,1-2H3. The molecule has 0 bridgehead atoms. The number of hydrogen-bond acceptors (Lipinski definition) is 4. The Kier molecular flexibility index (Phi) is 6.20. The third kappa shape index (κ3) is 5.00. The Labute approximate surface area is 126 Å². The molecular formula is C15H25ClN4. The van der Waals surface area contributed by atoms with E-state index in [1.165, 1.54) is 12.8 Å². The van der Waals surface area contributed by atoms with Crippen LogP contribution in [0.15, 0.2) is 6.07 Å². The van der Waals surface area contributed by atoms with Gasteiger partial charge in [0.2, 0.25) is 0 Å². The molecule has 1 saturated heterocycles. The molecule has 0 radical (unpaired) electrons. The van der Waals surface area contributed by atoms with E-state index >= 15 is 0 Å². The maximum atomic E-state index is 6.02. The SMILES string of the molecule is CCCN(Cc1nc(C)cc(Cl)n1)CC1CCNCC1. The highest BCUT2D eigenvalue weighted by Gasteiger charge is 2.17. The second-order valence-electron chi connectivity index (χ2n) is 5.68. The minimum absolute atomic E-state index is 0.547. The number of rotatable bonds is 6. The van der Waals surface area contributed by atoms with Crippen molar-refractivity contribution in [3.8, 4) is 0 Å². The molecule has 2 heterocycles. The van der Waals surface area contributed by atoms with E-state index in [1.54, 1.807) is 0 Å². The van der Waals surface area contributed by atoms with Gasteiger partial charge in [0.05, 0.1) is 6.54 Å². The minimum atomic E-state index is 0.547. The van der Waals surface area contributed by atoms with Gasteiger partial charge in [0.1, 0.15) is 11.0 Å². The molecule has 112 valence electrons. The zero-order valence-electron chi connectivity index (χ0n) is 12.5. The maximum absolute atomic E-state index is 6.02. The summed E-state index contributed by atoms with van der Waals surface area (Å²) in [6, 6.07) is 1.81. The molecule has 5 heteroatoms. The second kappa shape index (κ2) is 7.91. The number of aromatic nitrogens is 2. The molecule has 0 aliphatic carbocycles. The van der Waals surface area contributed by atoms with Gasteiger partial charge in [-0.15, -0.1) is 0 Å². The predicted octanol–water partition coefficient (Wildman–Crippen LogP) is 2.65. The molecular weight excluding hydrogens is 272 g/mol. The first kappa shape index (κ1) is 15.7. The summed E-state index contributed by atoms with van der Waals surface area (Å²) in [5, 5.41) is 3.97. The smallest absolute Gasteiger partial charge is 0.144 e. The van der Waals surface area contributed by atoms with Gasteiger partial charge >= 0.3 is 0 Å². The van der Waals surface area contributed by atoms with E-state index in [2.05, 4.69) is 27.1 Å². The monoisotopic (exact) mass is 296 g/mol. The number of piperidine rings is 1. The highest BCUT2D eigenvalue weighted by Crippen LogP contribution is 2.15. The molecule has 0 spiro atoms. The fraction of sp³-hybridized carbons (Fsp3) is 0.733. The summed E-state index contributed by atoms with van der Waals surface area (Å²) in [5.74, 6) is 1.64. The van der Waals surface area contributed by atoms with Crippen molar-refractivity contribution >= 4 is 11.6 Å². The van der Waals surface area contributed by atoms with Crippen LogP contribution in [0.1, 0.15) is 37.7 Å². The summed E-state index contributed by atoms with van der Waals surface area (Å²) < 4.78 is 0. The molecule has 1 aliphatic heterocycles. The van der Waals surface area contributed by atoms with E-state index < -0.39 is 0 Å². The lowest BCUT2D eigenvalue weighted by molar-refractivity contribution is 0.195. The zero-order valence-corrected chi connectivity index (χ0v) is 13.3. The number of halogens is 1. The van der Waals surface area contributed by atoms with E-state index in [1.807, 2.05) is 13.0 Å². The van der Waals surface area contributed by atoms with Gasteiger partial charge in [-0.1, -0.05) is 18.5 Å². The summed E-state index contributed by atoms with van der Waals surface area (Å²) in [7, 11) is 0. The Morgan fingerprint density at radius 2 is 2.10 bits per heavy atom. The number of nitrogens with zero attached hydrogens (tertiary/aromatic N) is 3. The molecule has 0 aromatic carbocycles. The van der Waals surface area contributed by atoms with Crippen LogP contribution in [0.3, 0.4) is 0 Å². The second-order valence-corrected chi connectivity index (χ2v) is 6.06. The van der Waals surface area contributed by atoms with Gasteiger partial charge in [-0.2, -0.15) is 0 Å². The van der Waals surface area contributed by atoms with Crippen LogP contribution in [0.5, 0.6) is 0 Å². The summed E-state index contributed by atoms with van der Waals surface area (Å²) in [6.45, 7) is 9.53. The first-order valence-electron chi connectivity index (χ1n) is 7.60. The van der Waals surface area contributed by atoms with Crippen molar-refractivity contribution in [3.63, 3.8) is 0 Å². The van der Waals surface area contributed by atoms with Crippen LogP contribution >= 0.6 is 11.6 Å². The van der Waals surface area contributed by atoms with Gasteiger partial charge < -0.3 is 5.32 Å².